The predicted octanol–water partition coefficient (Wildman–Crippen LogP) is 1.92. The molecule has 5 heteroatoms. The van der Waals surface area contributed by atoms with Gasteiger partial charge < -0.3 is 9.84 Å². The van der Waals surface area contributed by atoms with Crippen molar-refractivity contribution in [1.29, 1.82) is 0 Å². The van der Waals surface area contributed by atoms with Crippen molar-refractivity contribution in [2.45, 2.75) is 70.5 Å². The molecular weight excluding hydrogens is 252 g/mol. The van der Waals surface area contributed by atoms with Crippen LogP contribution in [0.4, 0.5) is 0 Å². The van der Waals surface area contributed by atoms with Crippen LogP contribution in [0.25, 0.3) is 0 Å². The highest BCUT2D eigenvalue weighted by Gasteiger charge is 2.40. The summed E-state index contributed by atoms with van der Waals surface area (Å²) in [6.07, 6.45) is 7.45. The average Bonchev–Trinajstić information content (AvgIpc) is 2.95. The predicted molar refractivity (Wildman–Crippen MR) is 77.6 cm³/mol. The molecule has 0 aliphatic carbocycles. The van der Waals surface area contributed by atoms with Gasteiger partial charge in [-0.2, -0.15) is 4.98 Å². The fourth-order valence-electron chi connectivity index (χ4n) is 3.82. The van der Waals surface area contributed by atoms with E-state index in [1.165, 1.54) is 32.1 Å². The number of piperidine rings is 1. The van der Waals surface area contributed by atoms with Crippen LogP contribution in [-0.4, -0.2) is 46.3 Å². The summed E-state index contributed by atoms with van der Waals surface area (Å²) < 4.78 is 5.22. The molecule has 2 atom stereocenters. The summed E-state index contributed by atoms with van der Waals surface area (Å²) in [5, 5.41) is 7.57. The summed E-state index contributed by atoms with van der Waals surface area (Å²) >= 11 is 0. The number of hydrogen-bond donors (Lipinski definition) is 1. The fraction of sp³-hybridized carbons (Fsp3) is 0.867. The Morgan fingerprint density at radius 2 is 2.05 bits per heavy atom. The molecule has 2 fully saturated rings. The molecule has 0 radical (unpaired) electrons. The van der Waals surface area contributed by atoms with Gasteiger partial charge in [0, 0.05) is 31.1 Å². The number of nitrogens with one attached hydrogen (secondary N) is 1. The SMILES string of the molecule is CCCNC1CC2CCC(C1)N2CCc1nc(C)no1. The van der Waals surface area contributed by atoms with Crippen LogP contribution in [0.2, 0.25) is 0 Å². The minimum absolute atomic E-state index is 0.731. The van der Waals surface area contributed by atoms with Crippen molar-refractivity contribution < 1.29 is 4.52 Å². The molecule has 3 rings (SSSR count). The van der Waals surface area contributed by atoms with Crippen molar-refractivity contribution in [3.05, 3.63) is 11.7 Å². The molecule has 1 aromatic rings. The van der Waals surface area contributed by atoms with E-state index >= 15 is 0 Å². The molecule has 2 saturated heterocycles. The number of nitrogens with zero attached hydrogens (tertiary/aromatic N) is 3. The quantitative estimate of drug-likeness (QED) is 0.861. The molecule has 20 heavy (non-hydrogen) atoms. The zero-order valence-corrected chi connectivity index (χ0v) is 12.6. The summed E-state index contributed by atoms with van der Waals surface area (Å²) in [6.45, 7) is 6.34. The van der Waals surface area contributed by atoms with Gasteiger partial charge in [-0.15, -0.1) is 0 Å². The molecule has 0 aromatic carbocycles. The molecule has 0 spiro atoms. The lowest BCUT2D eigenvalue weighted by molar-refractivity contribution is 0.115. The Labute approximate surface area is 121 Å². The number of aromatic nitrogens is 2. The van der Waals surface area contributed by atoms with E-state index in [0.29, 0.717) is 0 Å². The minimum Gasteiger partial charge on any atom is -0.339 e. The van der Waals surface area contributed by atoms with Gasteiger partial charge in [0.1, 0.15) is 0 Å². The minimum atomic E-state index is 0.731. The van der Waals surface area contributed by atoms with Crippen LogP contribution < -0.4 is 5.32 Å². The third kappa shape index (κ3) is 3.04. The van der Waals surface area contributed by atoms with Gasteiger partial charge in [-0.3, -0.25) is 4.90 Å². The second-order valence-corrected chi connectivity index (χ2v) is 6.23. The third-order valence-electron chi connectivity index (χ3n) is 4.72. The Morgan fingerprint density at radius 3 is 2.65 bits per heavy atom. The molecule has 1 aromatic heterocycles. The zero-order chi connectivity index (χ0) is 13.9. The van der Waals surface area contributed by atoms with Gasteiger partial charge in [0.15, 0.2) is 5.82 Å². The van der Waals surface area contributed by atoms with E-state index in [-0.39, 0.29) is 0 Å². The summed E-state index contributed by atoms with van der Waals surface area (Å²) in [5.74, 6) is 1.53. The van der Waals surface area contributed by atoms with E-state index in [2.05, 4.69) is 27.3 Å². The molecule has 2 bridgehead atoms. The smallest absolute Gasteiger partial charge is 0.227 e. The first-order chi connectivity index (χ1) is 9.76. The second-order valence-electron chi connectivity index (χ2n) is 6.23. The fourth-order valence-corrected chi connectivity index (χ4v) is 3.82. The van der Waals surface area contributed by atoms with Gasteiger partial charge in [-0.25, -0.2) is 0 Å². The summed E-state index contributed by atoms with van der Waals surface area (Å²) in [6, 6.07) is 2.24. The zero-order valence-electron chi connectivity index (χ0n) is 12.6. The summed E-state index contributed by atoms with van der Waals surface area (Å²) in [5.41, 5.74) is 0. The van der Waals surface area contributed by atoms with Crippen molar-refractivity contribution in [3.8, 4) is 0 Å². The van der Waals surface area contributed by atoms with Crippen LogP contribution in [0.5, 0.6) is 0 Å². The highest BCUT2D eigenvalue weighted by Crippen LogP contribution is 2.35. The molecule has 112 valence electrons. The van der Waals surface area contributed by atoms with Crippen LogP contribution in [-0.2, 0) is 6.42 Å². The largest absolute Gasteiger partial charge is 0.339 e. The van der Waals surface area contributed by atoms with E-state index in [0.717, 1.165) is 49.4 Å². The van der Waals surface area contributed by atoms with Gasteiger partial charge in [0.2, 0.25) is 5.89 Å². The lowest BCUT2D eigenvalue weighted by Gasteiger charge is -2.39. The highest BCUT2D eigenvalue weighted by atomic mass is 16.5. The van der Waals surface area contributed by atoms with Crippen molar-refractivity contribution in [1.82, 2.24) is 20.4 Å². The van der Waals surface area contributed by atoms with E-state index in [4.69, 9.17) is 4.52 Å². The first-order valence-corrected chi connectivity index (χ1v) is 8.04. The topological polar surface area (TPSA) is 54.2 Å². The third-order valence-corrected chi connectivity index (χ3v) is 4.72. The Bertz CT molecular complexity index is 419. The number of fused-ring (bicyclic) bond motifs is 2. The molecular formula is C15H26N4O. The maximum atomic E-state index is 5.22. The second kappa shape index (κ2) is 6.22. The summed E-state index contributed by atoms with van der Waals surface area (Å²) in [4.78, 5) is 6.99. The van der Waals surface area contributed by atoms with Crippen LogP contribution in [0.15, 0.2) is 4.52 Å². The molecule has 2 unspecified atom stereocenters. The van der Waals surface area contributed by atoms with Gasteiger partial charge >= 0.3 is 0 Å². The molecule has 2 aliphatic rings. The summed E-state index contributed by atoms with van der Waals surface area (Å²) in [7, 11) is 0. The lowest BCUT2D eigenvalue weighted by Crippen LogP contribution is -2.49. The van der Waals surface area contributed by atoms with Crippen LogP contribution in [0, 0.1) is 6.92 Å². The normalized spacial score (nSPS) is 30.0. The van der Waals surface area contributed by atoms with Crippen LogP contribution >= 0.6 is 0 Å². The van der Waals surface area contributed by atoms with Crippen molar-refractivity contribution in [2.75, 3.05) is 13.1 Å². The first-order valence-electron chi connectivity index (χ1n) is 8.04. The van der Waals surface area contributed by atoms with Gasteiger partial charge in [0.25, 0.3) is 0 Å². The monoisotopic (exact) mass is 278 g/mol. The molecule has 2 aliphatic heterocycles. The van der Waals surface area contributed by atoms with E-state index in [1.807, 2.05) is 6.92 Å². The van der Waals surface area contributed by atoms with Crippen molar-refractivity contribution in [3.63, 3.8) is 0 Å². The number of hydrogen-bond acceptors (Lipinski definition) is 5. The van der Waals surface area contributed by atoms with Crippen molar-refractivity contribution >= 4 is 0 Å². The van der Waals surface area contributed by atoms with Crippen LogP contribution in [0.1, 0.15) is 50.7 Å². The van der Waals surface area contributed by atoms with Gasteiger partial charge in [-0.05, 0) is 45.6 Å². The molecule has 1 N–H and O–H groups in total. The Balaban J connectivity index is 1.52. The molecule has 5 nitrogen and oxygen atoms in total. The molecule has 0 amide bonds. The molecule has 0 saturated carbocycles. The number of aryl methyl sites for hydroxylation is 1. The lowest BCUT2D eigenvalue weighted by atomic mass is 9.97. The standard InChI is InChI=1S/C15H26N4O/c1-3-7-16-12-9-13-4-5-14(10-12)19(13)8-6-15-17-11(2)18-20-15/h12-14,16H,3-10H2,1-2H3. The van der Waals surface area contributed by atoms with E-state index < -0.39 is 0 Å². The maximum absolute atomic E-state index is 5.22. The van der Waals surface area contributed by atoms with Crippen molar-refractivity contribution in [2.24, 2.45) is 0 Å². The Morgan fingerprint density at radius 1 is 1.30 bits per heavy atom. The van der Waals surface area contributed by atoms with E-state index in [1.54, 1.807) is 0 Å². The van der Waals surface area contributed by atoms with E-state index in [9.17, 15) is 0 Å². The average molecular weight is 278 g/mol. The van der Waals surface area contributed by atoms with Crippen LogP contribution in [0.3, 0.4) is 0 Å². The first kappa shape index (κ1) is 14.0. The Kier molecular flexibility index (Phi) is 4.36. The number of rotatable bonds is 6. The Hall–Kier alpha value is -0.940. The maximum Gasteiger partial charge on any atom is 0.227 e. The highest BCUT2D eigenvalue weighted by molar-refractivity contribution is 4.98. The molecule has 3 heterocycles. The van der Waals surface area contributed by atoms with Gasteiger partial charge in [-0.1, -0.05) is 12.1 Å². The van der Waals surface area contributed by atoms with Gasteiger partial charge in [0.05, 0.1) is 0 Å².